The van der Waals surface area contributed by atoms with Crippen LogP contribution in [0.4, 0.5) is 5.69 Å². The molecule has 2 fully saturated rings. The van der Waals surface area contributed by atoms with Crippen LogP contribution in [0.3, 0.4) is 0 Å². The molecular formula is C24H26Cl2N4. The summed E-state index contributed by atoms with van der Waals surface area (Å²) in [6, 6.07) is 19.3. The summed E-state index contributed by atoms with van der Waals surface area (Å²) < 4.78 is 2.16. The summed E-state index contributed by atoms with van der Waals surface area (Å²) in [5.74, 6) is 0. The second kappa shape index (κ2) is 8.62. The first kappa shape index (κ1) is 19.9. The summed E-state index contributed by atoms with van der Waals surface area (Å²) in [7, 11) is 0. The third kappa shape index (κ3) is 4.09. The molecule has 2 aromatic carbocycles. The van der Waals surface area contributed by atoms with Gasteiger partial charge in [0, 0.05) is 49.0 Å². The van der Waals surface area contributed by atoms with E-state index >= 15 is 0 Å². The molecule has 0 spiro atoms. The van der Waals surface area contributed by atoms with Crippen LogP contribution >= 0.6 is 23.2 Å². The monoisotopic (exact) mass is 440 g/mol. The lowest BCUT2D eigenvalue weighted by Crippen LogP contribution is -2.49. The number of hydrogen-bond donors (Lipinski definition) is 0. The van der Waals surface area contributed by atoms with Gasteiger partial charge in [0.05, 0.1) is 22.4 Å². The highest BCUT2D eigenvalue weighted by Crippen LogP contribution is 2.35. The summed E-state index contributed by atoms with van der Waals surface area (Å²) in [4.78, 5) is 5.07. The zero-order chi connectivity index (χ0) is 20.5. The number of aromatic nitrogens is 2. The van der Waals surface area contributed by atoms with Crippen LogP contribution in [0, 0.1) is 0 Å². The second-order valence-corrected chi connectivity index (χ2v) is 9.13. The van der Waals surface area contributed by atoms with E-state index in [1.165, 1.54) is 19.3 Å². The highest BCUT2D eigenvalue weighted by atomic mass is 35.5. The Morgan fingerprint density at radius 1 is 0.833 bits per heavy atom. The van der Waals surface area contributed by atoms with Crippen LogP contribution in [0.5, 0.6) is 0 Å². The number of para-hydroxylation sites is 1. The van der Waals surface area contributed by atoms with Crippen LogP contribution in [-0.2, 0) is 0 Å². The predicted molar refractivity (Wildman–Crippen MR) is 125 cm³/mol. The van der Waals surface area contributed by atoms with Gasteiger partial charge in [-0.3, -0.25) is 9.58 Å². The molecule has 30 heavy (non-hydrogen) atoms. The Morgan fingerprint density at radius 3 is 2.43 bits per heavy atom. The lowest BCUT2D eigenvalue weighted by atomic mass is 10.1. The molecule has 0 N–H and O–H groups in total. The first-order valence-corrected chi connectivity index (χ1v) is 11.5. The normalized spacial score (nSPS) is 22.5. The number of hydrogen-bond acceptors (Lipinski definition) is 3. The fourth-order valence-corrected chi connectivity index (χ4v) is 5.33. The van der Waals surface area contributed by atoms with E-state index in [-0.39, 0.29) is 0 Å². The van der Waals surface area contributed by atoms with E-state index in [9.17, 15) is 0 Å². The maximum Gasteiger partial charge on any atom is 0.0923 e. The van der Waals surface area contributed by atoms with Crippen molar-refractivity contribution in [2.75, 3.05) is 31.1 Å². The highest BCUT2D eigenvalue weighted by molar-refractivity contribution is 6.33. The summed E-state index contributed by atoms with van der Waals surface area (Å²) in [6.07, 6.45) is 5.72. The number of anilines is 1. The van der Waals surface area contributed by atoms with Crippen molar-refractivity contribution in [3.63, 3.8) is 0 Å². The van der Waals surface area contributed by atoms with Crippen LogP contribution in [0.1, 0.15) is 25.3 Å². The maximum atomic E-state index is 6.39. The average molecular weight is 441 g/mol. The second-order valence-electron chi connectivity index (χ2n) is 8.29. The van der Waals surface area contributed by atoms with E-state index in [2.05, 4.69) is 44.9 Å². The van der Waals surface area contributed by atoms with Gasteiger partial charge in [-0.1, -0.05) is 47.5 Å². The molecule has 1 aromatic heterocycles. The molecule has 1 aliphatic heterocycles. The minimum atomic E-state index is 0.476. The molecule has 2 unspecified atom stereocenters. The van der Waals surface area contributed by atoms with Crippen LogP contribution in [-0.4, -0.2) is 46.9 Å². The van der Waals surface area contributed by atoms with Crippen LogP contribution in [0.15, 0.2) is 60.8 Å². The van der Waals surface area contributed by atoms with Gasteiger partial charge < -0.3 is 4.90 Å². The molecule has 1 saturated carbocycles. The summed E-state index contributed by atoms with van der Waals surface area (Å²) in [5.41, 5.74) is 3.23. The minimum Gasteiger partial charge on any atom is -0.368 e. The van der Waals surface area contributed by atoms with Crippen LogP contribution in [0.25, 0.3) is 11.3 Å². The van der Waals surface area contributed by atoms with Crippen LogP contribution in [0.2, 0.25) is 10.0 Å². The molecule has 0 radical (unpaired) electrons. The molecular weight excluding hydrogens is 415 g/mol. The van der Waals surface area contributed by atoms with Gasteiger partial charge in [-0.25, -0.2) is 0 Å². The highest BCUT2D eigenvalue weighted by Gasteiger charge is 2.32. The zero-order valence-electron chi connectivity index (χ0n) is 16.9. The molecule has 6 heteroatoms. The van der Waals surface area contributed by atoms with Crippen molar-refractivity contribution in [1.82, 2.24) is 14.7 Å². The predicted octanol–water partition coefficient (Wildman–Crippen LogP) is 5.77. The van der Waals surface area contributed by atoms with E-state index < -0.39 is 0 Å². The lowest BCUT2D eigenvalue weighted by Gasteiger charge is -2.39. The number of halogens is 2. The van der Waals surface area contributed by atoms with Gasteiger partial charge in [-0.15, -0.1) is 0 Å². The van der Waals surface area contributed by atoms with E-state index in [1.54, 1.807) is 0 Å². The number of rotatable bonds is 4. The number of nitrogens with zero attached hydrogens (tertiary/aromatic N) is 4. The Kier molecular flexibility index (Phi) is 5.72. The molecule has 5 rings (SSSR count). The van der Waals surface area contributed by atoms with Gasteiger partial charge in [-0.05, 0) is 49.6 Å². The van der Waals surface area contributed by atoms with Gasteiger partial charge in [0.15, 0.2) is 0 Å². The van der Waals surface area contributed by atoms with E-state index in [0.29, 0.717) is 12.1 Å². The van der Waals surface area contributed by atoms with Gasteiger partial charge >= 0.3 is 0 Å². The Balaban J connectivity index is 1.19. The van der Waals surface area contributed by atoms with Crippen molar-refractivity contribution in [2.45, 2.75) is 31.3 Å². The molecule has 2 aliphatic rings. The first-order valence-electron chi connectivity index (χ1n) is 10.7. The van der Waals surface area contributed by atoms with Gasteiger partial charge in [-0.2, -0.15) is 5.10 Å². The van der Waals surface area contributed by atoms with Gasteiger partial charge in [0.1, 0.15) is 0 Å². The maximum absolute atomic E-state index is 6.39. The van der Waals surface area contributed by atoms with Crippen molar-refractivity contribution in [3.05, 3.63) is 70.8 Å². The van der Waals surface area contributed by atoms with Crippen molar-refractivity contribution in [2.24, 2.45) is 0 Å². The molecule has 0 amide bonds. The minimum absolute atomic E-state index is 0.476. The first-order chi connectivity index (χ1) is 14.7. The Labute approximate surface area is 188 Å². The molecule has 0 bridgehead atoms. The smallest absolute Gasteiger partial charge is 0.0923 e. The third-order valence-corrected chi connectivity index (χ3v) is 7.06. The van der Waals surface area contributed by atoms with E-state index in [1.807, 2.05) is 30.3 Å². The number of benzene rings is 2. The molecule has 3 aromatic rings. The van der Waals surface area contributed by atoms with Crippen molar-refractivity contribution < 1.29 is 0 Å². The average Bonchev–Trinajstić information content (AvgIpc) is 3.44. The van der Waals surface area contributed by atoms with Crippen LogP contribution < -0.4 is 4.90 Å². The molecule has 1 saturated heterocycles. The van der Waals surface area contributed by atoms with Gasteiger partial charge in [0.25, 0.3) is 0 Å². The molecule has 156 valence electrons. The van der Waals surface area contributed by atoms with Crippen molar-refractivity contribution in [1.29, 1.82) is 0 Å². The third-order valence-electron chi connectivity index (χ3n) is 6.50. The van der Waals surface area contributed by atoms with E-state index in [0.717, 1.165) is 53.2 Å². The Bertz CT molecular complexity index is 1010. The number of piperazine rings is 1. The summed E-state index contributed by atoms with van der Waals surface area (Å²) in [5, 5.41) is 6.46. The molecule has 2 heterocycles. The summed E-state index contributed by atoms with van der Waals surface area (Å²) >= 11 is 12.5. The molecule has 4 nitrogen and oxygen atoms in total. The Morgan fingerprint density at radius 2 is 1.63 bits per heavy atom. The fourth-order valence-electron chi connectivity index (χ4n) is 4.89. The zero-order valence-corrected chi connectivity index (χ0v) is 18.4. The quantitative estimate of drug-likeness (QED) is 0.514. The largest absolute Gasteiger partial charge is 0.368 e. The molecule has 1 aliphatic carbocycles. The standard InChI is InChI=1S/C24H26Cl2N4/c25-19-5-3-4-18(16-19)23-10-11-30(27-23)21-9-8-20(17-21)28-12-14-29(15-13-28)24-7-2-1-6-22(24)26/h1-7,10-11,16,20-21H,8-9,12-15,17H2. The van der Waals surface area contributed by atoms with Crippen molar-refractivity contribution in [3.8, 4) is 11.3 Å². The topological polar surface area (TPSA) is 24.3 Å². The summed E-state index contributed by atoms with van der Waals surface area (Å²) in [6.45, 7) is 4.25. The lowest BCUT2D eigenvalue weighted by molar-refractivity contribution is 0.183. The SMILES string of the molecule is Clc1cccc(-c2ccn(C3CCC(N4CCN(c5ccccc5Cl)CC4)C3)n2)c1. The Hall–Kier alpha value is -2.01. The van der Waals surface area contributed by atoms with Crippen molar-refractivity contribution >= 4 is 28.9 Å². The molecule has 2 atom stereocenters. The van der Waals surface area contributed by atoms with Gasteiger partial charge in [0.2, 0.25) is 0 Å². The van der Waals surface area contributed by atoms with E-state index in [4.69, 9.17) is 28.3 Å². The fraction of sp³-hybridized carbons (Fsp3) is 0.375.